The molecule has 1 aromatic rings. The predicted octanol–water partition coefficient (Wildman–Crippen LogP) is 1.71. The molecule has 1 aromatic carbocycles. The number of Topliss-reactive ketones (excluding diaryl/α,β-unsaturated/α-hetero) is 1. The highest BCUT2D eigenvalue weighted by Gasteiger charge is 2.18. The van der Waals surface area contributed by atoms with Gasteiger partial charge in [0.25, 0.3) is 0 Å². The molecule has 0 atom stereocenters. The molecule has 0 amide bonds. The van der Waals surface area contributed by atoms with Crippen LogP contribution in [0.25, 0.3) is 0 Å². The molecule has 0 spiro atoms. The molecule has 0 aliphatic rings. The lowest BCUT2D eigenvalue weighted by Gasteiger charge is -2.06. The van der Waals surface area contributed by atoms with Gasteiger partial charge in [0, 0.05) is 6.42 Å². The zero-order chi connectivity index (χ0) is 13.7. The zero-order valence-electron chi connectivity index (χ0n) is 9.60. The molecule has 0 saturated heterocycles. The summed E-state index contributed by atoms with van der Waals surface area (Å²) in [5.74, 6) is -2.29. The number of esters is 1. The van der Waals surface area contributed by atoms with Crippen LogP contribution in [0.5, 0.6) is 0 Å². The summed E-state index contributed by atoms with van der Waals surface area (Å²) in [6.07, 6.45) is -0.556. The van der Waals surface area contributed by atoms with Gasteiger partial charge in [0.1, 0.15) is 12.2 Å². The molecule has 6 heteroatoms. The summed E-state index contributed by atoms with van der Waals surface area (Å²) in [6, 6.07) is 4.47. The van der Waals surface area contributed by atoms with Crippen molar-refractivity contribution in [1.29, 1.82) is 0 Å². The third-order valence-electron chi connectivity index (χ3n) is 2.27. The number of carboxylic acid groups (broad SMARTS) is 1. The van der Waals surface area contributed by atoms with Crippen LogP contribution in [0.3, 0.4) is 0 Å². The van der Waals surface area contributed by atoms with Crippen LogP contribution in [-0.4, -0.2) is 29.9 Å². The predicted molar refractivity (Wildman–Crippen MR) is 63.8 cm³/mol. The highest BCUT2D eigenvalue weighted by molar-refractivity contribution is 6.33. The van der Waals surface area contributed by atoms with Crippen molar-refractivity contribution in [2.75, 3.05) is 7.11 Å². The van der Waals surface area contributed by atoms with Crippen molar-refractivity contribution < 1.29 is 24.2 Å². The van der Waals surface area contributed by atoms with Crippen LogP contribution >= 0.6 is 11.6 Å². The fourth-order valence-electron chi connectivity index (χ4n) is 1.46. The van der Waals surface area contributed by atoms with E-state index in [1.807, 2.05) is 0 Å². The van der Waals surface area contributed by atoms with E-state index in [2.05, 4.69) is 4.74 Å². The Morgan fingerprint density at radius 1 is 1.33 bits per heavy atom. The van der Waals surface area contributed by atoms with Gasteiger partial charge in [-0.15, -0.1) is 0 Å². The van der Waals surface area contributed by atoms with Crippen LogP contribution in [0, 0.1) is 0 Å². The van der Waals surface area contributed by atoms with Gasteiger partial charge in [-0.25, -0.2) is 4.79 Å². The van der Waals surface area contributed by atoms with Crippen molar-refractivity contribution in [3.05, 3.63) is 34.3 Å². The van der Waals surface area contributed by atoms with Gasteiger partial charge in [-0.3, -0.25) is 9.59 Å². The van der Waals surface area contributed by atoms with Crippen molar-refractivity contribution in [3.63, 3.8) is 0 Å². The molecule has 0 heterocycles. The minimum absolute atomic E-state index is 0.0610. The maximum atomic E-state index is 11.5. The van der Waals surface area contributed by atoms with Crippen LogP contribution in [0.2, 0.25) is 5.02 Å². The molecule has 1 N–H and O–H groups in total. The maximum absolute atomic E-state index is 11.5. The lowest BCUT2D eigenvalue weighted by Crippen LogP contribution is -2.14. The summed E-state index contributed by atoms with van der Waals surface area (Å²) >= 11 is 5.76. The topological polar surface area (TPSA) is 80.7 Å². The molecule has 0 aliphatic heterocycles. The largest absolute Gasteiger partial charge is 0.478 e. The van der Waals surface area contributed by atoms with E-state index in [-0.39, 0.29) is 29.0 Å². The van der Waals surface area contributed by atoms with Crippen LogP contribution in [-0.2, 0) is 20.7 Å². The summed E-state index contributed by atoms with van der Waals surface area (Å²) < 4.78 is 4.36. The summed E-state index contributed by atoms with van der Waals surface area (Å²) in [4.78, 5) is 33.5. The van der Waals surface area contributed by atoms with Crippen molar-refractivity contribution >= 4 is 29.3 Å². The minimum atomic E-state index is -1.21. The average Bonchev–Trinajstić information content (AvgIpc) is 2.28. The first-order valence-corrected chi connectivity index (χ1v) is 5.42. The number of benzene rings is 1. The summed E-state index contributed by atoms with van der Waals surface area (Å²) in [7, 11) is 1.18. The van der Waals surface area contributed by atoms with Gasteiger partial charge in [0.15, 0.2) is 0 Å². The second-order valence-corrected chi connectivity index (χ2v) is 3.95. The number of halogens is 1. The number of rotatable bonds is 5. The zero-order valence-corrected chi connectivity index (χ0v) is 10.4. The standard InChI is InChI=1S/C12H11ClO5/c1-18-10(15)6-8(14)5-7-3-2-4-9(13)11(7)12(16)17/h2-4H,5-6H2,1H3,(H,16,17). The quantitative estimate of drug-likeness (QED) is 0.651. The number of aromatic carboxylic acids is 1. The molecule has 96 valence electrons. The molecule has 18 heavy (non-hydrogen) atoms. The van der Waals surface area contributed by atoms with Gasteiger partial charge < -0.3 is 9.84 Å². The first-order chi connectivity index (χ1) is 8.45. The molecule has 0 aliphatic carbocycles. The minimum Gasteiger partial charge on any atom is -0.478 e. The normalized spacial score (nSPS) is 9.89. The monoisotopic (exact) mass is 270 g/mol. The van der Waals surface area contributed by atoms with E-state index in [9.17, 15) is 14.4 Å². The van der Waals surface area contributed by atoms with Crippen molar-refractivity contribution in [2.24, 2.45) is 0 Å². The Kier molecular flexibility index (Phi) is 4.85. The highest BCUT2D eigenvalue weighted by atomic mass is 35.5. The molecule has 0 aromatic heterocycles. The Labute approximate surface area is 108 Å². The molecule has 0 radical (unpaired) electrons. The van der Waals surface area contributed by atoms with Crippen LogP contribution in [0.15, 0.2) is 18.2 Å². The van der Waals surface area contributed by atoms with Gasteiger partial charge in [-0.2, -0.15) is 0 Å². The highest BCUT2D eigenvalue weighted by Crippen LogP contribution is 2.21. The van der Waals surface area contributed by atoms with Gasteiger partial charge in [0.05, 0.1) is 17.7 Å². The Bertz CT molecular complexity index is 495. The van der Waals surface area contributed by atoms with Gasteiger partial charge in [-0.1, -0.05) is 23.7 Å². The second kappa shape index (κ2) is 6.16. The SMILES string of the molecule is COC(=O)CC(=O)Cc1cccc(Cl)c1C(=O)O. The molecule has 0 unspecified atom stereocenters. The van der Waals surface area contributed by atoms with Crippen LogP contribution in [0.4, 0.5) is 0 Å². The number of hydrogen-bond donors (Lipinski definition) is 1. The molecular weight excluding hydrogens is 260 g/mol. The van der Waals surface area contributed by atoms with E-state index in [4.69, 9.17) is 16.7 Å². The fourth-order valence-corrected chi connectivity index (χ4v) is 1.74. The number of ether oxygens (including phenoxy) is 1. The van der Waals surface area contributed by atoms with Crippen LogP contribution in [0.1, 0.15) is 22.3 Å². The molecule has 0 saturated carbocycles. The maximum Gasteiger partial charge on any atom is 0.337 e. The Balaban J connectivity index is 2.91. The van der Waals surface area contributed by atoms with Crippen molar-refractivity contribution in [2.45, 2.75) is 12.8 Å². The second-order valence-electron chi connectivity index (χ2n) is 3.55. The third kappa shape index (κ3) is 3.56. The summed E-state index contributed by atoms with van der Waals surface area (Å²) in [5.41, 5.74) is 0.168. The van der Waals surface area contributed by atoms with E-state index in [0.29, 0.717) is 0 Å². The number of carbonyl (C=O) groups is 3. The molecular formula is C12H11ClO5. The van der Waals surface area contributed by atoms with Crippen molar-refractivity contribution in [1.82, 2.24) is 0 Å². The first-order valence-electron chi connectivity index (χ1n) is 5.05. The van der Waals surface area contributed by atoms with E-state index in [1.165, 1.54) is 19.2 Å². The van der Waals surface area contributed by atoms with E-state index in [1.54, 1.807) is 6.07 Å². The van der Waals surface area contributed by atoms with E-state index >= 15 is 0 Å². The molecule has 0 bridgehead atoms. The Morgan fingerprint density at radius 3 is 2.56 bits per heavy atom. The first kappa shape index (κ1) is 14.2. The van der Waals surface area contributed by atoms with Gasteiger partial charge >= 0.3 is 11.9 Å². The van der Waals surface area contributed by atoms with E-state index < -0.39 is 17.7 Å². The number of hydrogen-bond acceptors (Lipinski definition) is 4. The van der Waals surface area contributed by atoms with Crippen LogP contribution < -0.4 is 0 Å². The Morgan fingerprint density at radius 2 is 2.00 bits per heavy atom. The van der Waals surface area contributed by atoms with E-state index in [0.717, 1.165) is 0 Å². The van der Waals surface area contributed by atoms with Crippen molar-refractivity contribution in [3.8, 4) is 0 Å². The van der Waals surface area contributed by atoms with Gasteiger partial charge in [0.2, 0.25) is 0 Å². The Hall–Kier alpha value is -1.88. The third-order valence-corrected chi connectivity index (χ3v) is 2.59. The number of ketones is 1. The summed E-state index contributed by atoms with van der Waals surface area (Å²) in [6.45, 7) is 0. The fraction of sp³-hybridized carbons (Fsp3) is 0.250. The number of carboxylic acids is 1. The summed E-state index contributed by atoms with van der Waals surface area (Å²) in [5, 5.41) is 9.06. The molecule has 5 nitrogen and oxygen atoms in total. The lowest BCUT2D eigenvalue weighted by atomic mass is 10.0. The number of methoxy groups -OCH3 is 1. The molecule has 0 fully saturated rings. The average molecular weight is 271 g/mol. The molecule has 1 rings (SSSR count). The smallest absolute Gasteiger partial charge is 0.337 e. The number of carbonyl (C=O) groups excluding carboxylic acids is 2. The van der Waals surface area contributed by atoms with Gasteiger partial charge in [-0.05, 0) is 11.6 Å². The lowest BCUT2D eigenvalue weighted by molar-refractivity contribution is -0.143.